The van der Waals surface area contributed by atoms with E-state index in [4.69, 9.17) is 16.7 Å². The zero-order valence-electron chi connectivity index (χ0n) is 10.3. The molecule has 2 nitrogen and oxygen atoms in total. The molecule has 0 unspecified atom stereocenters. The van der Waals surface area contributed by atoms with E-state index >= 15 is 0 Å². The van der Waals surface area contributed by atoms with Gasteiger partial charge in [-0.25, -0.2) is 4.79 Å². The Morgan fingerprint density at radius 1 is 1.14 bits per heavy atom. The van der Waals surface area contributed by atoms with Gasteiger partial charge in [-0.15, -0.1) is 0 Å². The van der Waals surface area contributed by atoms with Gasteiger partial charge in [-0.2, -0.15) is 13.2 Å². The van der Waals surface area contributed by atoms with Crippen LogP contribution in [0.15, 0.2) is 52.3 Å². The Kier molecular flexibility index (Phi) is 4.49. The predicted octanol–water partition coefficient (Wildman–Crippen LogP) is 5.21. The van der Waals surface area contributed by atoms with E-state index in [0.29, 0.717) is 4.90 Å². The highest BCUT2D eigenvalue weighted by molar-refractivity contribution is 7.99. The highest BCUT2D eigenvalue weighted by atomic mass is 35.5. The van der Waals surface area contributed by atoms with Crippen molar-refractivity contribution in [3.05, 3.63) is 58.6 Å². The van der Waals surface area contributed by atoms with Crippen LogP contribution < -0.4 is 0 Å². The van der Waals surface area contributed by atoms with E-state index in [2.05, 4.69) is 0 Å². The average Bonchev–Trinajstić information content (AvgIpc) is 2.40. The van der Waals surface area contributed by atoms with Gasteiger partial charge >= 0.3 is 12.1 Å². The molecule has 0 heterocycles. The van der Waals surface area contributed by atoms with Crippen LogP contribution in [0.4, 0.5) is 13.2 Å². The molecular formula is C14H8ClF3O2S. The molecule has 2 rings (SSSR count). The number of halogens is 4. The molecule has 2 aromatic rings. The van der Waals surface area contributed by atoms with E-state index in [0.717, 1.165) is 17.8 Å². The first kappa shape index (κ1) is 15.7. The summed E-state index contributed by atoms with van der Waals surface area (Å²) in [7, 11) is 0. The molecule has 0 fully saturated rings. The lowest BCUT2D eigenvalue weighted by Gasteiger charge is -2.12. The number of carbonyl (C=O) groups is 1. The van der Waals surface area contributed by atoms with E-state index < -0.39 is 17.7 Å². The molecule has 7 heteroatoms. The van der Waals surface area contributed by atoms with Crippen LogP contribution >= 0.6 is 23.4 Å². The van der Waals surface area contributed by atoms with E-state index in [-0.39, 0.29) is 15.5 Å². The van der Waals surface area contributed by atoms with Gasteiger partial charge in [0.15, 0.2) is 0 Å². The fourth-order valence-electron chi connectivity index (χ4n) is 1.65. The fraction of sp³-hybridized carbons (Fsp3) is 0.0714. The minimum atomic E-state index is -4.47. The first-order chi connectivity index (χ1) is 9.79. The summed E-state index contributed by atoms with van der Waals surface area (Å²) in [6.07, 6.45) is -4.47. The van der Waals surface area contributed by atoms with Gasteiger partial charge in [-0.3, -0.25) is 0 Å². The summed E-state index contributed by atoms with van der Waals surface area (Å²) in [5.74, 6) is -1.23. The lowest BCUT2D eigenvalue weighted by atomic mass is 10.2. The van der Waals surface area contributed by atoms with E-state index in [9.17, 15) is 18.0 Å². The predicted molar refractivity (Wildman–Crippen MR) is 74.0 cm³/mol. The molecule has 0 amide bonds. The third-order valence-corrected chi connectivity index (χ3v) is 3.98. The number of aromatic carboxylic acids is 1. The number of hydrogen-bond acceptors (Lipinski definition) is 2. The van der Waals surface area contributed by atoms with E-state index in [1.807, 2.05) is 0 Å². The van der Waals surface area contributed by atoms with Crippen molar-refractivity contribution in [3.8, 4) is 0 Å². The fourth-order valence-corrected chi connectivity index (χ4v) is 2.85. The zero-order valence-corrected chi connectivity index (χ0v) is 11.9. The van der Waals surface area contributed by atoms with Crippen molar-refractivity contribution < 1.29 is 23.1 Å². The van der Waals surface area contributed by atoms with Gasteiger partial charge in [0.05, 0.1) is 16.1 Å². The van der Waals surface area contributed by atoms with Crippen LogP contribution in [-0.4, -0.2) is 11.1 Å². The lowest BCUT2D eigenvalue weighted by Crippen LogP contribution is -2.06. The highest BCUT2D eigenvalue weighted by Gasteiger charge is 2.33. The maximum Gasteiger partial charge on any atom is 0.417 e. The Hall–Kier alpha value is -1.66. The molecule has 110 valence electrons. The summed E-state index contributed by atoms with van der Waals surface area (Å²) in [4.78, 5) is 11.4. The van der Waals surface area contributed by atoms with Crippen molar-refractivity contribution in [2.45, 2.75) is 16.0 Å². The SMILES string of the molecule is O=C(O)c1cc(Sc2ccccc2C(F)(F)F)ccc1Cl. The lowest BCUT2D eigenvalue weighted by molar-refractivity contribution is -0.139. The van der Waals surface area contributed by atoms with Crippen LogP contribution in [-0.2, 0) is 6.18 Å². The van der Waals surface area contributed by atoms with Gasteiger partial charge in [-0.1, -0.05) is 35.5 Å². The number of hydrogen-bond donors (Lipinski definition) is 1. The molecule has 0 saturated heterocycles. The summed E-state index contributed by atoms with van der Waals surface area (Å²) < 4.78 is 38.7. The minimum Gasteiger partial charge on any atom is -0.478 e. The van der Waals surface area contributed by atoms with Gasteiger partial charge in [0, 0.05) is 9.79 Å². The first-order valence-corrected chi connectivity index (χ1v) is 6.85. The van der Waals surface area contributed by atoms with Crippen LogP contribution in [0.3, 0.4) is 0 Å². The largest absolute Gasteiger partial charge is 0.478 e. The maximum atomic E-state index is 12.9. The Morgan fingerprint density at radius 2 is 1.81 bits per heavy atom. The number of rotatable bonds is 3. The molecule has 0 aliphatic carbocycles. The molecule has 0 aliphatic heterocycles. The van der Waals surface area contributed by atoms with E-state index in [1.54, 1.807) is 0 Å². The molecule has 0 radical (unpaired) electrons. The molecule has 0 spiro atoms. The van der Waals surface area contributed by atoms with Gasteiger partial charge in [0.25, 0.3) is 0 Å². The highest BCUT2D eigenvalue weighted by Crippen LogP contribution is 2.39. The van der Waals surface area contributed by atoms with Crippen LogP contribution in [0.5, 0.6) is 0 Å². The monoisotopic (exact) mass is 332 g/mol. The second-order valence-corrected chi connectivity index (χ2v) is 5.57. The van der Waals surface area contributed by atoms with Crippen LogP contribution in [0.25, 0.3) is 0 Å². The van der Waals surface area contributed by atoms with Crippen LogP contribution in [0.1, 0.15) is 15.9 Å². The average molecular weight is 333 g/mol. The maximum absolute atomic E-state index is 12.9. The van der Waals surface area contributed by atoms with Crippen LogP contribution in [0.2, 0.25) is 5.02 Å². The Bertz CT molecular complexity index is 686. The Labute approximate surface area is 127 Å². The molecule has 0 saturated carbocycles. The van der Waals surface area contributed by atoms with Crippen LogP contribution in [0, 0.1) is 0 Å². The quantitative estimate of drug-likeness (QED) is 0.838. The second kappa shape index (κ2) is 5.99. The number of alkyl halides is 3. The van der Waals surface area contributed by atoms with Crippen molar-refractivity contribution in [1.82, 2.24) is 0 Å². The van der Waals surface area contributed by atoms with Gasteiger partial charge in [-0.05, 0) is 30.3 Å². The summed E-state index contributed by atoms with van der Waals surface area (Å²) >= 11 is 6.57. The third kappa shape index (κ3) is 3.71. The second-order valence-electron chi connectivity index (χ2n) is 4.04. The molecule has 2 aromatic carbocycles. The number of carboxylic acid groups (broad SMARTS) is 1. The molecule has 21 heavy (non-hydrogen) atoms. The molecule has 0 atom stereocenters. The topological polar surface area (TPSA) is 37.3 Å². The third-order valence-electron chi connectivity index (χ3n) is 2.59. The molecule has 0 aliphatic rings. The van der Waals surface area contributed by atoms with Crippen molar-refractivity contribution in [1.29, 1.82) is 0 Å². The van der Waals surface area contributed by atoms with Crippen molar-refractivity contribution in [3.63, 3.8) is 0 Å². The smallest absolute Gasteiger partial charge is 0.417 e. The van der Waals surface area contributed by atoms with Gasteiger partial charge < -0.3 is 5.11 Å². The van der Waals surface area contributed by atoms with E-state index in [1.165, 1.54) is 36.4 Å². The normalized spacial score (nSPS) is 11.4. The van der Waals surface area contributed by atoms with Gasteiger partial charge in [0.2, 0.25) is 0 Å². The van der Waals surface area contributed by atoms with Crippen molar-refractivity contribution in [2.24, 2.45) is 0 Å². The summed E-state index contributed by atoms with van der Waals surface area (Å²) in [5, 5.41) is 9.00. The standard InChI is InChI=1S/C14H8ClF3O2S/c15-11-6-5-8(7-9(11)13(19)20)21-12-4-2-1-3-10(12)14(16,17)18/h1-7H,(H,19,20). The van der Waals surface area contributed by atoms with Crippen molar-refractivity contribution >= 4 is 29.3 Å². The molecular weight excluding hydrogens is 325 g/mol. The summed E-state index contributed by atoms with van der Waals surface area (Å²) in [6.45, 7) is 0. The zero-order chi connectivity index (χ0) is 15.6. The summed E-state index contributed by atoms with van der Waals surface area (Å²) in [5.41, 5.74) is -0.909. The van der Waals surface area contributed by atoms with Crippen molar-refractivity contribution in [2.75, 3.05) is 0 Å². The number of carboxylic acids is 1. The molecule has 0 bridgehead atoms. The van der Waals surface area contributed by atoms with Gasteiger partial charge in [0.1, 0.15) is 0 Å². The minimum absolute atomic E-state index is 0.00339. The first-order valence-electron chi connectivity index (χ1n) is 5.66. The number of benzene rings is 2. The summed E-state index contributed by atoms with van der Waals surface area (Å²) in [6, 6.07) is 9.19. The molecule has 1 N–H and O–H groups in total. The molecule has 0 aromatic heterocycles. The Morgan fingerprint density at radius 3 is 2.43 bits per heavy atom. The Balaban J connectivity index is 2.40.